The van der Waals surface area contributed by atoms with E-state index in [4.69, 9.17) is 9.47 Å². The Kier molecular flexibility index (Phi) is 3.25. The molecule has 1 N–H and O–H groups in total. The van der Waals surface area contributed by atoms with Gasteiger partial charge in [-0.3, -0.25) is 4.79 Å². The van der Waals surface area contributed by atoms with Crippen LogP contribution >= 0.6 is 27.3 Å². The molecule has 0 fully saturated rings. The first-order chi connectivity index (χ1) is 11.7. The molecule has 0 saturated heterocycles. The van der Waals surface area contributed by atoms with Crippen molar-refractivity contribution in [2.24, 2.45) is 0 Å². The number of thiophene rings is 1. The van der Waals surface area contributed by atoms with Crippen molar-refractivity contribution in [3.8, 4) is 11.5 Å². The molecule has 0 amide bonds. The fourth-order valence-electron chi connectivity index (χ4n) is 3.73. The molecular weight excluding hydrogens is 390 g/mol. The van der Waals surface area contributed by atoms with Crippen LogP contribution in [0.3, 0.4) is 0 Å². The van der Waals surface area contributed by atoms with Crippen molar-refractivity contribution in [2.75, 3.05) is 12.1 Å². The van der Waals surface area contributed by atoms with E-state index in [9.17, 15) is 4.79 Å². The number of ether oxygens (including phenoxy) is 2. The highest BCUT2D eigenvalue weighted by Gasteiger charge is 2.37. The van der Waals surface area contributed by atoms with Crippen molar-refractivity contribution in [2.45, 2.75) is 25.2 Å². The molecule has 2 aromatic rings. The molecule has 24 heavy (non-hydrogen) atoms. The van der Waals surface area contributed by atoms with E-state index in [1.807, 2.05) is 18.2 Å². The molecule has 1 aromatic heterocycles. The fraction of sp³-hybridized carbons (Fsp3) is 0.278. The topological polar surface area (TPSA) is 47.6 Å². The van der Waals surface area contributed by atoms with Crippen molar-refractivity contribution in [1.82, 2.24) is 0 Å². The monoisotopic (exact) mass is 403 g/mol. The van der Waals surface area contributed by atoms with Crippen LogP contribution in [0.2, 0.25) is 0 Å². The van der Waals surface area contributed by atoms with Gasteiger partial charge in [-0.1, -0.05) is 0 Å². The molecule has 3 aliphatic rings. The quantitative estimate of drug-likeness (QED) is 0.742. The van der Waals surface area contributed by atoms with Crippen LogP contribution in [0.4, 0.5) is 5.69 Å². The summed E-state index contributed by atoms with van der Waals surface area (Å²) >= 11 is 5.23. The van der Waals surface area contributed by atoms with E-state index < -0.39 is 0 Å². The highest BCUT2D eigenvalue weighted by atomic mass is 79.9. The summed E-state index contributed by atoms with van der Waals surface area (Å²) in [6, 6.07) is 8.17. The third-order valence-electron chi connectivity index (χ3n) is 4.76. The number of benzene rings is 1. The van der Waals surface area contributed by atoms with Gasteiger partial charge in [-0.15, -0.1) is 11.3 Å². The van der Waals surface area contributed by atoms with Crippen LogP contribution in [-0.2, 0) is 4.79 Å². The van der Waals surface area contributed by atoms with Gasteiger partial charge in [-0.05, 0) is 52.5 Å². The first kappa shape index (κ1) is 14.5. The van der Waals surface area contributed by atoms with E-state index in [1.165, 1.54) is 4.88 Å². The second kappa shape index (κ2) is 5.36. The number of carbonyl (C=O) groups excluding carboxylic acids is 1. The second-order valence-electron chi connectivity index (χ2n) is 6.16. The van der Waals surface area contributed by atoms with Crippen LogP contribution in [0.1, 0.15) is 35.6 Å². The number of allylic oxidation sites excluding steroid dienone is 2. The Labute approximate surface area is 151 Å². The Hall–Kier alpha value is -1.79. The van der Waals surface area contributed by atoms with E-state index in [2.05, 4.69) is 27.3 Å². The number of carbonyl (C=O) groups is 1. The van der Waals surface area contributed by atoms with Gasteiger partial charge in [0.2, 0.25) is 6.79 Å². The molecule has 6 heteroatoms. The van der Waals surface area contributed by atoms with Crippen molar-refractivity contribution in [3.05, 3.63) is 49.8 Å². The lowest BCUT2D eigenvalue weighted by atomic mass is 9.78. The molecular formula is C18H14BrNO3S. The van der Waals surface area contributed by atoms with Crippen LogP contribution in [0, 0.1) is 0 Å². The SMILES string of the molecule is O=C1CCCC2=C1[C@H](c1ccc(Br)s1)c1cc3c(cc1N2)OCO3. The summed E-state index contributed by atoms with van der Waals surface area (Å²) in [6.45, 7) is 0.250. The minimum atomic E-state index is -0.0325. The smallest absolute Gasteiger partial charge is 0.231 e. The Morgan fingerprint density at radius 1 is 1.17 bits per heavy atom. The van der Waals surface area contributed by atoms with Crippen molar-refractivity contribution < 1.29 is 14.3 Å². The summed E-state index contributed by atoms with van der Waals surface area (Å²) < 4.78 is 12.1. The molecule has 3 heterocycles. The summed E-state index contributed by atoms with van der Waals surface area (Å²) in [5.74, 6) is 1.73. The number of halogens is 1. The Balaban J connectivity index is 1.74. The van der Waals surface area contributed by atoms with Crippen LogP contribution < -0.4 is 14.8 Å². The molecule has 0 unspecified atom stereocenters. The molecule has 122 valence electrons. The van der Waals surface area contributed by atoms with Crippen LogP contribution in [-0.4, -0.2) is 12.6 Å². The average molecular weight is 404 g/mol. The van der Waals surface area contributed by atoms with E-state index in [0.717, 1.165) is 50.6 Å². The van der Waals surface area contributed by atoms with Gasteiger partial charge < -0.3 is 14.8 Å². The zero-order valence-electron chi connectivity index (χ0n) is 12.7. The summed E-state index contributed by atoms with van der Waals surface area (Å²) in [6.07, 6.45) is 2.45. The number of nitrogens with one attached hydrogen (secondary N) is 1. The van der Waals surface area contributed by atoms with Crippen LogP contribution in [0.15, 0.2) is 39.3 Å². The van der Waals surface area contributed by atoms with Crippen molar-refractivity contribution in [1.29, 1.82) is 0 Å². The van der Waals surface area contributed by atoms with Gasteiger partial charge in [0.25, 0.3) is 0 Å². The Morgan fingerprint density at radius 3 is 2.79 bits per heavy atom. The van der Waals surface area contributed by atoms with Gasteiger partial charge in [0, 0.05) is 34.3 Å². The molecule has 1 aliphatic carbocycles. The third kappa shape index (κ3) is 2.13. The largest absolute Gasteiger partial charge is 0.454 e. The Morgan fingerprint density at radius 2 is 2.00 bits per heavy atom. The van der Waals surface area contributed by atoms with E-state index >= 15 is 0 Å². The lowest BCUT2D eigenvalue weighted by molar-refractivity contribution is -0.116. The van der Waals surface area contributed by atoms with E-state index in [-0.39, 0.29) is 18.5 Å². The summed E-state index contributed by atoms with van der Waals surface area (Å²) in [5.41, 5.74) is 4.08. The zero-order chi connectivity index (χ0) is 16.3. The van der Waals surface area contributed by atoms with Gasteiger partial charge >= 0.3 is 0 Å². The summed E-state index contributed by atoms with van der Waals surface area (Å²) in [4.78, 5) is 13.9. The second-order valence-corrected chi connectivity index (χ2v) is 8.66. The number of hydrogen-bond acceptors (Lipinski definition) is 5. The number of fused-ring (bicyclic) bond motifs is 2. The number of rotatable bonds is 1. The first-order valence-electron chi connectivity index (χ1n) is 7.93. The van der Waals surface area contributed by atoms with Gasteiger partial charge in [0.15, 0.2) is 17.3 Å². The molecule has 0 bridgehead atoms. The Bertz CT molecular complexity index is 902. The minimum Gasteiger partial charge on any atom is -0.454 e. The van der Waals surface area contributed by atoms with Crippen molar-refractivity contribution in [3.63, 3.8) is 0 Å². The molecule has 0 saturated carbocycles. The first-order valence-corrected chi connectivity index (χ1v) is 9.53. The maximum Gasteiger partial charge on any atom is 0.231 e. The predicted molar refractivity (Wildman–Crippen MR) is 95.9 cm³/mol. The summed E-state index contributed by atoms with van der Waals surface area (Å²) in [5, 5.41) is 3.48. The van der Waals surface area contributed by atoms with E-state index in [0.29, 0.717) is 6.42 Å². The van der Waals surface area contributed by atoms with Crippen molar-refractivity contribution >= 4 is 38.7 Å². The van der Waals surface area contributed by atoms with Gasteiger partial charge in [0.05, 0.1) is 9.70 Å². The molecule has 0 spiro atoms. The number of hydrogen-bond donors (Lipinski definition) is 1. The van der Waals surface area contributed by atoms with Gasteiger partial charge in [0.1, 0.15) is 0 Å². The molecule has 5 rings (SSSR count). The number of Topliss-reactive ketones (excluding diaryl/α,β-unsaturated/α-hetero) is 1. The lowest BCUT2D eigenvalue weighted by Gasteiger charge is -2.33. The maximum atomic E-state index is 12.7. The third-order valence-corrected chi connectivity index (χ3v) is 6.45. The lowest BCUT2D eigenvalue weighted by Crippen LogP contribution is -2.26. The maximum absolute atomic E-state index is 12.7. The average Bonchev–Trinajstić information content (AvgIpc) is 3.19. The highest BCUT2D eigenvalue weighted by Crippen LogP contribution is 2.50. The molecule has 2 aliphatic heterocycles. The molecule has 0 radical (unpaired) electrons. The number of ketones is 1. The predicted octanol–water partition coefficient (Wildman–Crippen LogP) is 4.80. The van der Waals surface area contributed by atoms with E-state index in [1.54, 1.807) is 11.3 Å². The van der Waals surface area contributed by atoms with Gasteiger partial charge in [-0.25, -0.2) is 0 Å². The molecule has 1 aromatic carbocycles. The van der Waals surface area contributed by atoms with Gasteiger partial charge in [-0.2, -0.15) is 0 Å². The molecule has 4 nitrogen and oxygen atoms in total. The fourth-order valence-corrected chi connectivity index (χ4v) is 5.28. The van der Waals surface area contributed by atoms with Crippen LogP contribution in [0.5, 0.6) is 11.5 Å². The highest BCUT2D eigenvalue weighted by molar-refractivity contribution is 9.11. The summed E-state index contributed by atoms with van der Waals surface area (Å²) in [7, 11) is 0. The zero-order valence-corrected chi connectivity index (χ0v) is 15.1. The normalized spacial score (nSPS) is 21.4. The minimum absolute atomic E-state index is 0.0325. The molecule has 1 atom stereocenters. The number of anilines is 1. The standard InChI is InChI=1S/C18H14BrNO3S/c19-16-5-4-15(24-16)17-9-6-13-14(23-8-22-13)7-11(9)20-10-2-1-3-12(21)18(10)17/h4-7,17,20H,1-3,8H2/t17-/m0/s1. The van der Waals surface area contributed by atoms with Crippen LogP contribution in [0.25, 0.3) is 0 Å².